The number of benzene rings is 2. The van der Waals surface area contributed by atoms with Crippen LogP contribution in [0.3, 0.4) is 0 Å². The zero-order valence-electron chi connectivity index (χ0n) is 17.8. The Hall–Kier alpha value is -2.12. The molecule has 8 heteroatoms. The van der Waals surface area contributed by atoms with Crippen LogP contribution in [-0.2, 0) is 21.9 Å². The molecule has 31 heavy (non-hydrogen) atoms. The molecular weight excluding hydrogens is 442 g/mol. The fourth-order valence-electron chi connectivity index (χ4n) is 2.82. The van der Waals surface area contributed by atoms with Crippen LogP contribution in [0.25, 0.3) is 0 Å². The first kappa shape index (κ1) is 25.1. The fourth-order valence-corrected chi connectivity index (χ4v) is 4.06. The van der Waals surface area contributed by atoms with Crippen LogP contribution in [0, 0.1) is 17.6 Å². The van der Waals surface area contributed by atoms with Crippen molar-refractivity contribution in [2.75, 3.05) is 12.3 Å². The van der Waals surface area contributed by atoms with E-state index in [1.807, 2.05) is 13.8 Å². The normalized spacial score (nSPS) is 12.0. The Bertz CT molecular complexity index is 873. The summed E-state index contributed by atoms with van der Waals surface area (Å²) in [6.45, 7) is 6.29. The number of rotatable bonds is 10. The van der Waals surface area contributed by atoms with E-state index in [1.54, 1.807) is 25.1 Å². The van der Waals surface area contributed by atoms with Crippen LogP contribution in [0.2, 0.25) is 5.02 Å². The number of hydrogen-bond acceptors (Lipinski definition) is 3. The fraction of sp³-hybridized carbons (Fsp3) is 0.391. The minimum atomic E-state index is -0.714. The third-order valence-corrected chi connectivity index (χ3v) is 5.95. The van der Waals surface area contributed by atoms with E-state index in [0.717, 1.165) is 0 Å². The first-order chi connectivity index (χ1) is 14.7. The Labute approximate surface area is 191 Å². The molecule has 2 amide bonds. The molecule has 0 saturated heterocycles. The largest absolute Gasteiger partial charge is 0.354 e. The Morgan fingerprint density at radius 2 is 1.77 bits per heavy atom. The van der Waals surface area contributed by atoms with Crippen molar-refractivity contribution in [2.45, 2.75) is 39.1 Å². The molecule has 2 aromatic rings. The molecular formula is C23H27ClF2N2O2S. The molecule has 0 aliphatic rings. The Morgan fingerprint density at radius 1 is 1.10 bits per heavy atom. The predicted octanol–water partition coefficient (Wildman–Crippen LogP) is 5.04. The zero-order chi connectivity index (χ0) is 23.0. The van der Waals surface area contributed by atoms with Gasteiger partial charge in [0.25, 0.3) is 0 Å². The highest BCUT2D eigenvalue weighted by Gasteiger charge is 2.26. The van der Waals surface area contributed by atoms with E-state index in [1.165, 1.54) is 40.9 Å². The predicted molar refractivity (Wildman–Crippen MR) is 122 cm³/mol. The second kappa shape index (κ2) is 12.1. The number of nitrogens with one attached hydrogen (secondary N) is 1. The van der Waals surface area contributed by atoms with Gasteiger partial charge < -0.3 is 10.2 Å². The van der Waals surface area contributed by atoms with Crippen LogP contribution in [-0.4, -0.2) is 35.1 Å². The number of halogens is 3. The number of hydrogen-bond donors (Lipinski definition) is 1. The molecule has 4 nitrogen and oxygen atoms in total. The van der Waals surface area contributed by atoms with Gasteiger partial charge in [-0.2, -0.15) is 0 Å². The molecule has 1 atom stereocenters. The highest BCUT2D eigenvalue weighted by Crippen LogP contribution is 2.24. The Kier molecular flexibility index (Phi) is 9.78. The number of carbonyl (C=O) groups excluding carboxylic acids is 2. The molecule has 0 aliphatic heterocycles. The van der Waals surface area contributed by atoms with Crippen molar-refractivity contribution in [2.24, 2.45) is 5.92 Å². The van der Waals surface area contributed by atoms with E-state index in [-0.39, 0.29) is 41.6 Å². The van der Waals surface area contributed by atoms with Gasteiger partial charge in [0.2, 0.25) is 11.8 Å². The van der Waals surface area contributed by atoms with Gasteiger partial charge >= 0.3 is 0 Å². The van der Waals surface area contributed by atoms with Crippen molar-refractivity contribution in [3.63, 3.8) is 0 Å². The van der Waals surface area contributed by atoms with Gasteiger partial charge in [-0.1, -0.05) is 43.6 Å². The second-order valence-corrected chi connectivity index (χ2v) is 9.05. The van der Waals surface area contributed by atoms with E-state index in [0.29, 0.717) is 22.7 Å². The van der Waals surface area contributed by atoms with Gasteiger partial charge in [0.15, 0.2) is 0 Å². The highest BCUT2D eigenvalue weighted by molar-refractivity contribution is 7.99. The van der Waals surface area contributed by atoms with Crippen molar-refractivity contribution >= 4 is 35.2 Å². The van der Waals surface area contributed by atoms with Gasteiger partial charge in [0.1, 0.15) is 17.7 Å². The maximum Gasteiger partial charge on any atom is 0.242 e. The average Bonchev–Trinajstić information content (AvgIpc) is 2.73. The molecule has 0 aromatic heterocycles. The maximum absolute atomic E-state index is 14.0. The Balaban J connectivity index is 2.09. The molecule has 0 saturated carbocycles. The molecule has 0 spiro atoms. The van der Waals surface area contributed by atoms with Crippen molar-refractivity contribution in [3.8, 4) is 0 Å². The standard InChI is InChI=1S/C23H27ClF2N2O2S/c1-15(2)11-27-23(30)16(3)28(12-17-7-9-18(25)10-8-17)22(29)14-31-13-19-20(24)5-4-6-21(19)26/h4-10,15-16H,11-14H2,1-3H3,(H,27,30)/t16-/m1/s1. The van der Waals surface area contributed by atoms with Crippen LogP contribution in [0.4, 0.5) is 8.78 Å². The SMILES string of the molecule is CC(C)CNC(=O)[C@@H](C)N(Cc1ccc(F)cc1)C(=O)CSCc1c(F)cccc1Cl. The van der Waals surface area contributed by atoms with Crippen LogP contribution in [0.15, 0.2) is 42.5 Å². The monoisotopic (exact) mass is 468 g/mol. The van der Waals surface area contributed by atoms with Crippen molar-refractivity contribution in [3.05, 3.63) is 70.2 Å². The van der Waals surface area contributed by atoms with Crippen molar-refractivity contribution < 1.29 is 18.4 Å². The van der Waals surface area contributed by atoms with Crippen LogP contribution < -0.4 is 5.32 Å². The zero-order valence-corrected chi connectivity index (χ0v) is 19.4. The minimum absolute atomic E-state index is 0.0493. The average molecular weight is 469 g/mol. The summed E-state index contributed by atoms with van der Waals surface area (Å²) < 4.78 is 27.2. The van der Waals surface area contributed by atoms with Crippen LogP contribution >= 0.6 is 23.4 Å². The summed E-state index contributed by atoms with van der Waals surface area (Å²) in [6.07, 6.45) is 0. The number of nitrogens with zero attached hydrogens (tertiary/aromatic N) is 1. The lowest BCUT2D eigenvalue weighted by molar-refractivity contribution is -0.138. The van der Waals surface area contributed by atoms with E-state index in [2.05, 4.69) is 5.32 Å². The summed E-state index contributed by atoms with van der Waals surface area (Å²) in [7, 11) is 0. The lowest BCUT2D eigenvalue weighted by Crippen LogP contribution is -2.48. The lowest BCUT2D eigenvalue weighted by Gasteiger charge is -2.29. The Morgan fingerprint density at radius 3 is 2.39 bits per heavy atom. The third kappa shape index (κ3) is 7.82. The van der Waals surface area contributed by atoms with E-state index in [9.17, 15) is 18.4 Å². The van der Waals surface area contributed by atoms with E-state index >= 15 is 0 Å². The van der Waals surface area contributed by atoms with Gasteiger partial charge in [-0.05, 0) is 42.7 Å². The number of amides is 2. The molecule has 0 heterocycles. The quantitative estimate of drug-likeness (QED) is 0.531. The molecule has 0 radical (unpaired) electrons. The van der Waals surface area contributed by atoms with Gasteiger partial charge in [-0.25, -0.2) is 8.78 Å². The van der Waals surface area contributed by atoms with Crippen LogP contribution in [0.1, 0.15) is 31.9 Å². The van der Waals surface area contributed by atoms with E-state index < -0.39 is 11.9 Å². The smallest absolute Gasteiger partial charge is 0.242 e. The lowest BCUT2D eigenvalue weighted by atomic mass is 10.1. The molecule has 0 unspecified atom stereocenters. The van der Waals surface area contributed by atoms with Gasteiger partial charge in [-0.15, -0.1) is 11.8 Å². The molecule has 2 aromatic carbocycles. The topological polar surface area (TPSA) is 49.4 Å². The van der Waals surface area contributed by atoms with Crippen molar-refractivity contribution in [1.29, 1.82) is 0 Å². The first-order valence-corrected chi connectivity index (χ1v) is 11.5. The summed E-state index contributed by atoms with van der Waals surface area (Å²) in [5.74, 6) is -0.763. The first-order valence-electron chi connectivity index (χ1n) is 10.0. The molecule has 0 aliphatic carbocycles. The summed E-state index contributed by atoms with van der Waals surface area (Å²) in [4.78, 5) is 27.0. The third-order valence-electron chi connectivity index (χ3n) is 4.65. The summed E-state index contributed by atoms with van der Waals surface area (Å²) in [5.41, 5.74) is 1.05. The maximum atomic E-state index is 14.0. The van der Waals surface area contributed by atoms with Gasteiger partial charge in [0, 0.05) is 29.4 Å². The van der Waals surface area contributed by atoms with Gasteiger partial charge in [0.05, 0.1) is 5.75 Å². The summed E-state index contributed by atoms with van der Waals surface area (Å²) in [5, 5.41) is 3.15. The van der Waals surface area contributed by atoms with Crippen LogP contribution in [0.5, 0.6) is 0 Å². The molecule has 168 valence electrons. The van der Waals surface area contributed by atoms with E-state index in [4.69, 9.17) is 11.6 Å². The number of thioether (sulfide) groups is 1. The van der Waals surface area contributed by atoms with Gasteiger partial charge in [-0.3, -0.25) is 9.59 Å². The summed E-state index contributed by atoms with van der Waals surface area (Å²) >= 11 is 7.27. The number of carbonyl (C=O) groups is 2. The second-order valence-electron chi connectivity index (χ2n) is 7.66. The minimum Gasteiger partial charge on any atom is -0.354 e. The molecule has 1 N–H and O–H groups in total. The summed E-state index contributed by atoms with van der Waals surface area (Å²) in [6, 6.07) is 9.54. The highest BCUT2D eigenvalue weighted by atomic mass is 35.5. The van der Waals surface area contributed by atoms with Crippen molar-refractivity contribution in [1.82, 2.24) is 10.2 Å². The molecule has 2 rings (SSSR count). The molecule has 0 bridgehead atoms. The molecule has 0 fully saturated rings.